The second kappa shape index (κ2) is 7.85. The zero-order valence-corrected chi connectivity index (χ0v) is 13.6. The molecular weight excluding hydrogens is 240 g/mol. The van der Waals surface area contributed by atoms with Crippen LogP contribution in [0.5, 0.6) is 0 Å². The van der Waals surface area contributed by atoms with Gasteiger partial charge in [-0.05, 0) is 62.2 Å². The summed E-state index contributed by atoms with van der Waals surface area (Å²) in [6.07, 6.45) is 24.6. The molecule has 20 heavy (non-hydrogen) atoms. The van der Waals surface area contributed by atoms with Gasteiger partial charge in [0.2, 0.25) is 0 Å². The smallest absolute Gasteiger partial charge is 0.0406 e. The van der Waals surface area contributed by atoms with E-state index in [4.69, 9.17) is 0 Å². The van der Waals surface area contributed by atoms with Crippen LogP contribution in [-0.4, -0.2) is 0 Å². The summed E-state index contributed by atoms with van der Waals surface area (Å²) in [5.41, 5.74) is 0. The van der Waals surface area contributed by atoms with E-state index in [1.54, 1.807) is 38.5 Å². The Morgan fingerprint density at radius 3 is 0.550 bits per heavy atom. The first kappa shape index (κ1) is 14.9. The van der Waals surface area contributed by atoms with Gasteiger partial charge in [0.1, 0.15) is 0 Å². The minimum Gasteiger partial charge on any atom is -0.0533 e. The molecule has 0 spiro atoms. The van der Waals surface area contributed by atoms with E-state index in [-0.39, 0.29) is 0 Å². The normalized spacial score (nSPS) is 40.8. The molecule has 0 unspecified atom stereocenters. The predicted molar refractivity (Wildman–Crippen MR) is 87.8 cm³/mol. The molecule has 0 aromatic rings. The monoisotopic (exact) mass is 276 g/mol. The summed E-state index contributed by atoms with van der Waals surface area (Å²) >= 11 is 0. The average molecular weight is 277 g/mol. The van der Waals surface area contributed by atoms with E-state index in [0.717, 1.165) is 0 Å². The Labute approximate surface area is 127 Å². The molecule has 0 aliphatic heterocycles. The van der Waals surface area contributed by atoms with E-state index in [9.17, 15) is 0 Å². The van der Waals surface area contributed by atoms with E-state index in [1.807, 2.05) is 0 Å². The molecule has 5 fully saturated rings. The third kappa shape index (κ3) is 4.50. The molecule has 0 heteroatoms. The van der Waals surface area contributed by atoms with Gasteiger partial charge in [0.05, 0.1) is 0 Å². The van der Waals surface area contributed by atoms with E-state index < -0.39 is 0 Å². The molecular formula is C20H36. The highest BCUT2D eigenvalue weighted by Crippen LogP contribution is 2.53. The number of hydrogen-bond donors (Lipinski definition) is 0. The Kier molecular flexibility index (Phi) is 5.86. The van der Waals surface area contributed by atoms with Crippen molar-refractivity contribution < 1.29 is 0 Å². The number of hydrogen-bond acceptors (Lipinski definition) is 0. The third-order valence-corrected chi connectivity index (χ3v) is 6.50. The quantitative estimate of drug-likeness (QED) is 0.460. The van der Waals surface area contributed by atoms with Crippen molar-refractivity contribution in [2.24, 2.45) is 23.7 Å². The van der Waals surface area contributed by atoms with Crippen molar-refractivity contribution in [3.63, 3.8) is 0 Å². The van der Waals surface area contributed by atoms with Crippen LogP contribution in [0.25, 0.3) is 0 Å². The molecule has 0 saturated heterocycles. The molecule has 5 rings (SSSR count). The zero-order valence-electron chi connectivity index (χ0n) is 13.6. The van der Waals surface area contributed by atoms with Crippen molar-refractivity contribution in [2.75, 3.05) is 0 Å². The van der Waals surface area contributed by atoms with Gasteiger partial charge < -0.3 is 0 Å². The molecule has 0 N–H and O–H groups in total. The van der Waals surface area contributed by atoms with Crippen LogP contribution in [0.3, 0.4) is 0 Å². The largest absolute Gasteiger partial charge is 0.0533 e. The molecule has 5 saturated carbocycles. The van der Waals surface area contributed by atoms with Crippen LogP contribution in [0.1, 0.15) is 103 Å². The minimum atomic E-state index is 1.18. The lowest BCUT2D eigenvalue weighted by molar-refractivity contribution is 0.0198. The van der Waals surface area contributed by atoms with Gasteiger partial charge >= 0.3 is 0 Å². The van der Waals surface area contributed by atoms with Crippen LogP contribution in [0, 0.1) is 23.7 Å². The maximum absolute atomic E-state index is 1.60. The SMILES string of the molecule is C1C2CC3CC1CC(C2)C3.C1CCCCCCCCC1. The fourth-order valence-corrected chi connectivity index (χ4v) is 5.75. The summed E-state index contributed by atoms with van der Waals surface area (Å²) in [7, 11) is 0. The first-order valence-corrected chi connectivity index (χ1v) is 9.90. The summed E-state index contributed by atoms with van der Waals surface area (Å²) in [6, 6.07) is 0. The standard InChI is InChI=1S/C10H16.C10H20/c1-7-2-9-4-8(1)5-10(3-7)6-9;1-2-4-6-8-10-9-7-5-3-1/h7-10H,1-6H2;1-10H2. The minimum absolute atomic E-state index is 1.18. The predicted octanol–water partition coefficient (Wildman–Crippen LogP) is 6.73. The average Bonchev–Trinajstić information content (AvgIpc) is 2.44. The van der Waals surface area contributed by atoms with Gasteiger partial charge in [-0.25, -0.2) is 0 Å². The van der Waals surface area contributed by atoms with Crippen LogP contribution in [0.2, 0.25) is 0 Å². The highest BCUT2D eigenvalue weighted by Gasteiger charge is 2.41. The van der Waals surface area contributed by atoms with Gasteiger partial charge in [-0.2, -0.15) is 0 Å². The van der Waals surface area contributed by atoms with Crippen molar-refractivity contribution in [1.29, 1.82) is 0 Å². The fourth-order valence-electron chi connectivity index (χ4n) is 5.75. The molecule has 0 atom stereocenters. The van der Waals surface area contributed by atoms with E-state index in [1.165, 1.54) is 87.9 Å². The summed E-state index contributed by atoms with van der Waals surface area (Å²) in [5, 5.41) is 0. The van der Waals surface area contributed by atoms with E-state index in [2.05, 4.69) is 0 Å². The second-order valence-electron chi connectivity index (χ2n) is 8.41. The Hall–Kier alpha value is 0. The van der Waals surface area contributed by atoms with Crippen LogP contribution in [0.4, 0.5) is 0 Å². The third-order valence-electron chi connectivity index (χ3n) is 6.50. The molecule has 116 valence electrons. The van der Waals surface area contributed by atoms with Gasteiger partial charge in [0.15, 0.2) is 0 Å². The number of rotatable bonds is 0. The van der Waals surface area contributed by atoms with E-state index >= 15 is 0 Å². The highest BCUT2D eigenvalue weighted by molar-refractivity contribution is 4.92. The van der Waals surface area contributed by atoms with Gasteiger partial charge in [0, 0.05) is 0 Å². The molecule has 0 heterocycles. The van der Waals surface area contributed by atoms with Crippen LogP contribution >= 0.6 is 0 Å². The molecule has 0 amide bonds. The highest BCUT2D eigenvalue weighted by atomic mass is 14.5. The second-order valence-corrected chi connectivity index (χ2v) is 8.41. The fraction of sp³-hybridized carbons (Fsp3) is 1.00. The summed E-state index contributed by atoms with van der Waals surface area (Å²) in [6.45, 7) is 0. The van der Waals surface area contributed by atoms with Crippen molar-refractivity contribution in [2.45, 2.75) is 103 Å². The van der Waals surface area contributed by atoms with Crippen molar-refractivity contribution >= 4 is 0 Å². The van der Waals surface area contributed by atoms with Crippen molar-refractivity contribution in [3.8, 4) is 0 Å². The Morgan fingerprint density at radius 2 is 0.400 bits per heavy atom. The topological polar surface area (TPSA) is 0 Å². The molecule has 5 aliphatic rings. The van der Waals surface area contributed by atoms with Crippen molar-refractivity contribution in [1.82, 2.24) is 0 Å². The van der Waals surface area contributed by atoms with Gasteiger partial charge in [-0.1, -0.05) is 64.2 Å². The van der Waals surface area contributed by atoms with Crippen molar-refractivity contribution in [3.05, 3.63) is 0 Å². The molecule has 0 radical (unpaired) electrons. The summed E-state index contributed by atoms with van der Waals surface area (Å²) < 4.78 is 0. The van der Waals surface area contributed by atoms with Crippen LogP contribution in [-0.2, 0) is 0 Å². The maximum atomic E-state index is 1.60. The Balaban J connectivity index is 0.000000121. The van der Waals surface area contributed by atoms with Gasteiger partial charge in [0.25, 0.3) is 0 Å². The van der Waals surface area contributed by atoms with Crippen LogP contribution in [0.15, 0.2) is 0 Å². The Bertz CT molecular complexity index is 177. The molecule has 0 aromatic heterocycles. The summed E-state index contributed by atoms with van der Waals surface area (Å²) in [5.74, 6) is 4.71. The lowest BCUT2D eigenvalue weighted by Gasteiger charge is -2.49. The maximum Gasteiger partial charge on any atom is -0.0406 e. The first-order valence-electron chi connectivity index (χ1n) is 9.90. The first-order chi connectivity index (χ1) is 9.90. The Morgan fingerprint density at radius 1 is 0.250 bits per heavy atom. The molecule has 0 aromatic carbocycles. The lowest BCUT2D eigenvalue weighted by Crippen LogP contribution is -2.38. The summed E-state index contributed by atoms with van der Waals surface area (Å²) in [4.78, 5) is 0. The molecule has 0 nitrogen and oxygen atoms in total. The molecule has 4 bridgehead atoms. The van der Waals surface area contributed by atoms with Gasteiger partial charge in [-0.15, -0.1) is 0 Å². The zero-order chi connectivity index (χ0) is 13.6. The van der Waals surface area contributed by atoms with Gasteiger partial charge in [-0.3, -0.25) is 0 Å². The van der Waals surface area contributed by atoms with E-state index in [0.29, 0.717) is 0 Å². The lowest BCUT2D eigenvalue weighted by atomic mass is 9.56. The molecule has 5 aliphatic carbocycles. The van der Waals surface area contributed by atoms with Crippen LogP contribution < -0.4 is 0 Å².